The van der Waals surface area contributed by atoms with Gasteiger partial charge in [-0.1, -0.05) is 29.8 Å². The molecule has 5 rings (SSSR count). The number of nitrogens with one attached hydrogen (secondary N) is 1. The minimum Gasteiger partial charge on any atom is -0.482 e. The Morgan fingerprint density at radius 3 is 2.67 bits per heavy atom. The maximum Gasteiger partial charge on any atom is 0.262 e. The smallest absolute Gasteiger partial charge is 0.262 e. The number of carbonyl (C=O) groups excluding carboxylic acids is 2. The SMILES string of the molecule is O=C1COc2cc(S(=O)(=O)N3CCC(C(=O)N4CCCc5ccccc54)CC3)c(Cl)cc2N1. The van der Waals surface area contributed by atoms with E-state index in [-0.39, 0.29) is 53.1 Å². The summed E-state index contributed by atoms with van der Waals surface area (Å²) in [5.74, 6) is -0.209. The first-order valence-electron chi connectivity index (χ1n) is 11.0. The topological polar surface area (TPSA) is 96.0 Å². The normalized spacial score (nSPS) is 19.3. The molecule has 0 atom stereocenters. The molecular formula is C23H24ClN3O5S. The lowest BCUT2D eigenvalue weighted by Gasteiger charge is -2.36. The molecule has 2 aromatic rings. The van der Waals surface area contributed by atoms with Crippen LogP contribution in [0.3, 0.4) is 0 Å². The van der Waals surface area contributed by atoms with E-state index in [2.05, 4.69) is 11.4 Å². The van der Waals surface area contributed by atoms with E-state index in [0.29, 0.717) is 25.1 Å². The number of para-hydroxylation sites is 1. The summed E-state index contributed by atoms with van der Waals surface area (Å²) in [5.41, 5.74) is 2.50. The van der Waals surface area contributed by atoms with Gasteiger partial charge in [0.2, 0.25) is 15.9 Å². The predicted molar refractivity (Wildman–Crippen MR) is 124 cm³/mol. The molecule has 0 aliphatic carbocycles. The van der Waals surface area contributed by atoms with Crippen molar-refractivity contribution in [2.45, 2.75) is 30.6 Å². The number of ether oxygens (including phenoxy) is 1. The van der Waals surface area contributed by atoms with Gasteiger partial charge in [0.1, 0.15) is 10.6 Å². The number of nitrogens with zero attached hydrogens (tertiary/aromatic N) is 2. The third-order valence-corrected chi connectivity index (χ3v) is 8.83. The minimum atomic E-state index is -3.88. The summed E-state index contributed by atoms with van der Waals surface area (Å²) < 4.78 is 33.3. The zero-order valence-electron chi connectivity index (χ0n) is 17.9. The van der Waals surface area contributed by atoms with Crippen LogP contribution in [0.2, 0.25) is 5.02 Å². The molecule has 3 heterocycles. The van der Waals surface area contributed by atoms with Gasteiger partial charge in [0.25, 0.3) is 5.91 Å². The lowest BCUT2D eigenvalue weighted by atomic mass is 9.94. The summed E-state index contributed by atoms with van der Waals surface area (Å²) in [4.78, 5) is 26.6. The standard InChI is InChI=1S/C23H24ClN3O5S/c24-17-12-18-20(32-14-22(28)25-18)13-21(17)33(30,31)26-10-7-16(8-11-26)23(29)27-9-3-5-15-4-1-2-6-19(15)27/h1-2,4,6,12-13,16H,3,5,7-11,14H2,(H,25,28). The Kier molecular flexibility index (Phi) is 5.80. The molecule has 0 aromatic heterocycles. The Morgan fingerprint density at radius 1 is 1.12 bits per heavy atom. The second-order valence-corrected chi connectivity index (χ2v) is 10.8. The third kappa shape index (κ3) is 4.09. The van der Waals surface area contributed by atoms with Crippen LogP contribution in [0.25, 0.3) is 0 Å². The Morgan fingerprint density at radius 2 is 1.88 bits per heavy atom. The summed E-state index contributed by atoms with van der Waals surface area (Å²) in [6.07, 6.45) is 2.79. The Labute approximate surface area is 197 Å². The molecule has 3 aliphatic rings. The Balaban J connectivity index is 1.30. The van der Waals surface area contributed by atoms with E-state index in [9.17, 15) is 18.0 Å². The van der Waals surface area contributed by atoms with Crippen LogP contribution in [0, 0.1) is 5.92 Å². The highest BCUT2D eigenvalue weighted by Gasteiger charge is 2.36. The van der Waals surface area contributed by atoms with Crippen LogP contribution in [-0.4, -0.2) is 50.8 Å². The molecule has 0 radical (unpaired) electrons. The fraction of sp³-hybridized carbons (Fsp3) is 0.391. The summed E-state index contributed by atoms with van der Waals surface area (Å²) in [6, 6.07) is 10.7. The van der Waals surface area contributed by atoms with Crippen LogP contribution >= 0.6 is 11.6 Å². The van der Waals surface area contributed by atoms with Crippen molar-refractivity contribution < 1.29 is 22.7 Å². The van der Waals surface area contributed by atoms with E-state index >= 15 is 0 Å². The molecule has 174 valence electrons. The quantitative estimate of drug-likeness (QED) is 0.714. The van der Waals surface area contributed by atoms with Gasteiger partial charge in [0.15, 0.2) is 6.61 Å². The van der Waals surface area contributed by atoms with Crippen LogP contribution in [0.15, 0.2) is 41.3 Å². The third-order valence-electron chi connectivity index (χ3n) is 6.46. The highest BCUT2D eigenvalue weighted by atomic mass is 35.5. The number of carbonyl (C=O) groups is 2. The van der Waals surface area contributed by atoms with Gasteiger partial charge in [-0.3, -0.25) is 9.59 Å². The Hall–Kier alpha value is -2.62. The molecule has 0 spiro atoms. The second kappa shape index (κ2) is 8.62. The van der Waals surface area contributed by atoms with E-state index in [1.165, 1.54) is 22.0 Å². The van der Waals surface area contributed by atoms with E-state index in [0.717, 1.165) is 18.5 Å². The first-order chi connectivity index (χ1) is 15.8. The molecule has 1 N–H and O–H groups in total. The molecule has 10 heteroatoms. The van der Waals surface area contributed by atoms with Crippen LogP contribution in [0.4, 0.5) is 11.4 Å². The highest BCUT2D eigenvalue weighted by molar-refractivity contribution is 7.89. The first kappa shape index (κ1) is 22.2. The van der Waals surface area contributed by atoms with E-state index < -0.39 is 10.0 Å². The summed E-state index contributed by atoms with van der Waals surface area (Å²) >= 11 is 6.27. The number of halogens is 1. The van der Waals surface area contributed by atoms with E-state index in [1.807, 2.05) is 23.1 Å². The number of hydrogen-bond acceptors (Lipinski definition) is 5. The van der Waals surface area contributed by atoms with E-state index in [4.69, 9.17) is 16.3 Å². The average Bonchev–Trinajstić information content (AvgIpc) is 2.82. The van der Waals surface area contributed by atoms with Crippen LogP contribution in [-0.2, 0) is 26.0 Å². The molecule has 2 amide bonds. The number of aryl methyl sites for hydroxylation is 1. The van der Waals surface area contributed by atoms with Crippen LogP contribution in [0.1, 0.15) is 24.8 Å². The summed E-state index contributed by atoms with van der Waals surface area (Å²) in [6.45, 7) is 0.982. The van der Waals surface area contributed by atoms with E-state index in [1.54, 1.807) is 0 Å². The van der Waals surface area contributed by atoms with Gasteiger partial charge in [0.05, 0.1) is 10.7 Å². The van der Waals surface area contributed by atoms with Gasteiger partial charge in [-0.25, -0.2) is 8.42 Å². The monoisotopic (exact) mass is 489 g/mol. The number of hydrogen-bond donors (Lipinski definition) is 1. The van der Waals surface area contributed by atoms with Gasteiger partial charge in [-0.15, -0.1) is 0 Å². The first-order valence-corrected chi connectivity index (χ1v) is 12.8. The molecule has 33 heavy (non-hydrogen) atoms. The van der Waals surface area contributed by atoms with Gasteiger partial charge in [0, 0.05) is 37.3 Å². The van der Waals surface area contributed by atoms with Crippen molar-refractivity contribution in [1.29, 1.82) is 0 Å². The minimum absolute atomic E-state index is 0.0164. The number of fused-ring (bicyclic) bond motifs is 2. The second-order valence-electron chi connectivity index (χ2n) is 8.52. The lowest BCUT2D eigenvalue weighted by molar-refractivity contribution is -0.123. The van der Waals surface area contributed by atoms with Crippen LogP contribution < -0.4 is 15.0 Å². The predicted octanol–water partition coefficient (Wildman–Crippen LogP) is 3.05. The van der Waals surface area contributed by atoms with Gasteiger partial charge < -0.3 is 15.0 Å². The molecule has 2 aromatic carbocycles. The maximum absolute atomic E-state index is 13.3. The van der Waals surface area contributed by atoms with Gasteiger partial charge in [-0.05, 0) is 43.4 Å². The number of amides is 2. The summed E-state index contributed by atoms with van der Waals surface area (Å²) in [7, 11) is -3.88. The fourth-order valence-corrected chi connectivity index (χ4v) is 6.73. The maximum atomic E-state index is 13.3. The van der Waals surface area contributed by atoms with Crippen molar-refractivity contribution in [1.82, 2.24) is 4.31 Å². The molecule has 3 aliphatic heterocycles. The van der Waals surface area contributed by atoms with Crippen molar-refractivity contribution in [3.63, 3.8) is 0 Å². The van der Waals surface area contributed by atoms with Crippen molar-refractivity contribution in [2.24, 2.45) is 5.92 Å². The number of piperidine rings is 1. The van der Waals surface area contributed by atoms with Crippen molar-refractivity contribution in [2.75, 3.05) is 36.5 Å². The molecule has 1 fully saturated rings. The zero-order valence-corrected chi connectivity index (χ0v) is 19.5. The van der Waals surface area contributed by atoms with Crippen LogP contribution in [0.5, 0.6) is 5.75 Å². The lowest BCUT2D eigenvalue weighted by Crippen LogP contribution is -2.45. The zero-order chi connectivity index (χ0) is 23.2. The molecule has 0 unspecified atom stereocenters. The van der Waals surface area contributed by atoms with Crippen molar-refractivity contribution in [3.05, 3.63) is 47.0 Å². The van der Waals surface area contributed by atoms with Crippen molar-refractivity contribution >= 4 is 44.8 Å². The molecule has 0 bridgehead atoms. The van der Waals surface area contributed by atoms with Crippen molar-refractivity contribution in [3.8, 4) is 5.75 Å². The summed E-state index contributed by atoms with van der Waals surface area (Å²) in [5, 5.41) is 2.63. The number of rotatable bonds is 3. The Bertz CT molecular complexity index is 1220. The number of sulfonamides is 1. The largest absolute Gasteiger partial charge is 0.482 e. The van der Waals surface area contributed by atoms with Gasteiger partial charge >= 0.3 is 0 Å². The molecule has 8 nitrogen and oxygen atoms in total. The highest BCUT2D eigenvalue weighted by Crippen LogP contribution is 2.38. The molecule has 0 saturated carbocycles. The molecule has 1 saturated heterocycles. The number of anilines is 2. The average molecular weight is 490 g/mol. The number of benzene rings is 2. The molecular weight excluding hydrogens is 466 g/mol. The fourth-order valence-electron chi connectivity index (χ4n) is 4.74. The van der Waals surface area contributed by atoms with Gasteiger partial charge in [-0.2, -0.15) is 4.31 Å².